The topological polar surface area (TPSA) is 89.5 Å². The molecule has 5 nitrogen and oxygen atoms in total. The van der Waals surface area contributed by atoms with Gasteiger partial charge in [0.1, 0.15) is 0 Å². The number of ketones is 1. The molecule has 26 heavy (non-hydrogen) atoms. The number of benzene rings is 2. The molecule has 0 spiro atoms. The Morgan fingerprint density at radius 3 is 1.81 bits per heavy atom. The molecule has 0 aromatic heterocycles. The molecule has 9 heteroatoms. The Morgan fingerprint density at radius 2 is 1.38 bits per heavy atom. The summed E-state index contributed by atoms with van der Waals surface area (Å²) in [4.78, 5) is 12.7. The van der Waals surface area contributed by atoms with Gasteiger partial charge in [-0.3, -0.25) is 9.00 Å². The SMILES string of the molecule is O=C(/C=C/c1ccc(SO[O-])cc1)/C=C/c1ccc(S(=O)[O-])cc1.[Na+].[Na+]. The summed E-state index contributed by atoms with van der Waals surface area (Å²) in [6, 6.07) is 13.1. The van der Waals surface area contributed by atoms with Crippen LogP contribution in [0.15, 0.2) is 70.5 Å². The van der Waals surface area contributed by atoms with Gasteiger partial charge in [-0.1, -0.05) is 36.4 Å². The molecule has 2 aromatic rings. The van der Waals surface area contributed by atoms with Crippen LogP contribution in [0, 0.1) is 0 Å². The zero-order valence-corrected chi connectivity index (χ0v) is 19.9. The Kier molecular flexibility index (Phi) is 14.0. The van der Waals surface area contributed by atoms with Crippen molar-refractivity contribution >= 4 is 41.1 Å². The minimum Gasteiger partial charge on any atom is -0.768 e. The maximum atomic E-state index is 11.8. The van der Waals surface area contributed by atoms with Gasteiger partial charge in [0.2, 0.25) is 0 Å². The van der Waals surface area contributed by atoms with Crippen molar-refractivity contribution < 1.29 is 82.3 Å². The van der Waals surface area contributed by atoms with E-state index in [0.717, 1.165) is 23.2 Å². The maximum Gasteiger partial charge on any atom is 1.00 e. The summed E-state index contributed by atoms with van der Waals surface area (Å²) in [5.41, 5.74) is 1.54. The zero-order valence-electron chi connectivity index (χ0n) is 14.3. The molecule has 0 aliphatic carbocycles. The molecule has 0 aliphatic rings. The summed E-state index contributed by atoms with van der Waals surface area (Å²) >= 11 is -1.54. The van der Waals surface area contributed by atoms with Gasteiger partial charge in [0.25, 0.3) is 0 Å². The van der Waals surface area contributed by atoms with E-state index in [0.29, 0.717) is 4.90 Å². The van der Waals surface area contributed by atoms with Crippen molar-refractivity contribution in [1.82, 2.24) is 0 Å². The first-order valence-electron chi connectivity index (χ1n) is 6.74. The quantitative estimate of drug-likeness (QED) is 0.119. The molecule has 0 heterocycles. The average molecular weight is 406 g/mol. The molecule has 0 N–H and O–H groups in total. The van der Waals surface area contributed by atoms with Crippen LogP contribution in [0.3, 0.4) is 0 Å². The first kappa shape index (κ1) is 26.0. The van der Waals surface area contributed by atoms with Crippen molar-refractivity contribution in [1.29, 1.82) is 0 Å². The van der Waals surface area contributed by atoms with Crippen LogP contribution in [0.1, 0.15) is 11.1 Å². The molecule has 1 unspecified atom stereocenters. The fraction of sp³-hybridized carbons (Fsp3) is 0. The van der Waals surface area contributed by atoms with Crippen molar-refractivity contribution in [3.05, 3.63) is 71.8 Å². The fourth-order valence-electron chi connectivity index (χ4n) is 1.78. The first-order valence-corrected chi connectivity index (χ1v) is 8.56. The molecule has 0 amide bonds. The number of hydrogen-bond acceptors (Lipinski definition) is 6. The average Bonchev–Trinajstić information content (AvgIpc) is 2.60. The van der Waals surface area contributed by atoms with Crippen LogP contribution in [0.2, 0.25) is 0 Å². The van der Waals surface area contributed by atoms with E-state index in [-0.39, 0.29) is 69.8 Å². The second kappa shape index (κ2) is 14.0. The molecular weight excluding hydrogens is 394 g/mol. The van der Waals surface area contributed by atoms with Crippen molar-refractivity contribution in [2.24, 2.45) is 0 Å². The molecule has 0 aliphatic heterocycles. The van der Waals surface area contributed by atoms with Gasteiger partial charge in [-0.2, -0.15) is 0 Å². The van der Waals surface area contributed by atoms with E-state index in [1.54, 1.807) is 48.6 Å². The molecule has 1 atom stereocenters. The van der Waals surface area contributed by atoms with E-state index in [2.05, 4.69) is 4.33 Å². The van der Waals surface area contributed by atoms with E-state index in [1.165, 1.54) is 24.3 Å². The van der Waals surface area contributed by atoms with E-state index in [4.69, 9.17) is 0 Å². The van der Waals surface area contributed by atoms with Gasteiger partial charge in [-0.05, 0) is 58.6 Å². The standard InChI is InChI=1S/C17H14O5S2.2Na/c18-15(7-1-13-3-9-16(10-4-13)23-22-19)8-2-14-5-11-17(12-6-14)24(20)21;;/h1-12,19H,(H,20,21);;/q;2*+1/p-2/b7-1+,8-2+;;. The van der Waals surface area contributed by atoms with Crippen molar-refractivity contribution in [3.63, 3.8) is 0 Å². The van der Waals surface area contributed by atoms with Crippen LogP contribution >= 0.6 is 12.0 Å². The number of hydrogen-bond donors (Lipinski definition) is 0. The van der Waals surface area contributed by atoms with Gasteiger partial charge in [0, 0.05) is 21.8 Å². The predicted octanol–water partition coefficient (Wildman–Crippen LogP) is -3.47. The second-order valence-electron chi connectivity index (χ2n) is 4.59. The summed E-state index contributed by atoms with van der Waals surface area (Å²) in [5, 5.41) is 10.0. The Bertz CT molecular complexity index is 775. The number of allylic oxidation sites excluding steroid dienone is 2. The van der Waals surface area contributed by atoms with Crippen molar-refractivity contribution in [3.8, 4) is 0 Å². The normalized spacial score (nSPS) is 11.8. The zero-order chi connectivity index (χ0) is 17.4. The summed E-state index contributed by atoms with van der Waals surface area (Å²) in [7, 11) is 0. The van der Waals surface area contributed by atoms with Gasteiger partial charge >= 0.3 is 59.1 Å². The van der Waals surface area contributed by atoms with Gasteiger partial charge in [-0.15, -0.1) is 0 Å². The minimum absolute atomic E-state index is 0. The third-order valence-electron chi connectivity index (χ3n) is 2.96. The van der Waals surface area contributed by atoms with Crippen LogP contribution in [-0.4, -0.2) is 14.5 Å². The Balaban J connectivity index is 0.00000312. The smallest absolute Gasteiger partial charge is 0.768 e. The largest absolute Gasteiger partial charge is 1.00 e. The van der Waals surface area contributed by atoms with Gasteiger partial charge in [0.15, 0.2) is 5.78 Å². The number of carbonyl (C=O) groups excluding carboxylic acids is 1. The van der Waals surface area contributed by atoms with E-state index >= 15 is 0 Å². The van der Waals surface area contributed by atoms with Crippen LogP contribution in [0.25, 0.3) is 12.2 Å². The minimum atomic E-state index is -2.26. The monoisotopic (exact) mass is 406 g/mol. The molecule has 0 bridgehead atoms. The summed E-state index contributed by atoms with van der Waals surface area (Å²) < 4.78 is 25.2. The van der Waals surface area contributed by atoms with Crippen LogP contribution in [-0.2, 0) is 20.2 Å². The molecule has 0 fully saturated rings. The Hall–Kier alpha value is -0.0300. The number of rotatable bonds is 7. The maximum absolute atomic E-state index is 11.8. The fourth-order valence-corrected chi connectivity index (χ4v) is 2.46. The van der Waals surface area contributed by atoms with Crippen LogP contribution < -0.4 is 64.4 Å². The Morgan fingerprint density at radius 1 is 0.923 bits per heavy atom. The van der Waals surface area contributed by atoms with Gasteiger partial charge in [0.05, 0.1) is 0 Å². The van der Waals surface area contributed by atoms with Crippen LogP contribution in [0.5, 0.6) is 0 Å². The number of carbonyl (C=O) groups is 1. The summed E-state index contributed by atoms with van der Waals surface area (Å²) in [6.45, 7) is 0. The molecular formula is C17H12Na2O5S2. The molecule has 0 radical (unpaired) electrons. The van der Waals surface area contributed by atoms with Crippen molar-refractivity contribution in [2.75, 3.05) is 0 Å². The molecule has 2 aromatic carbocycles. The summed E-state index contributed by atoms with van der Waals surface area (Å²) in [6.07, 6.45) is 6.08. The first-order chi connectivity index (χ1) is 11.6. The third kappa shape index (κ3) is 9.25. The van der Waals surface area contributed by atoms with Gasteiger partial charge in [-0.25, -0.2) is 0 Å². The molecule has 2 rings (SSSR count). The summed E-state index contributed by atoms with van der Waals surface area (Å²) in [5.74, 6) is -0.201. The molecule has 0 saturated heterocycles. The predicted molar refractivity (Wildman–Crippen MR) is 90.1 cm³/mol. The van der Waals surface area contributed by atoms with Gasteiger partial charge < -0.3 is 14.1 Å². The van der Waals surface area contributed by atoms with E-state index < -0.39 is 11.1 Å². The van der Waals surface area contributed by atoms with E-state index in [9.17, 15) is 18.8 Å². The van der Waals surface area contributed by atoms with E-state index in [1.807, 2.05) is 0 Å². The Labute approximate surface area is 202 Å². The third-order valence-corrected chi connectivity index (χ3v) is 4.15. The molecule has 0 saturated carbocycles. The van der Waals surface area contributed by atoms with Crippen LogP contribution in [0.4, 0.5) is 0 Å². The van der Waals surface area contributed by atoms with Crippen molar-refractivity contribution in [2.45, 2.75) is 9.79 Å². The second-order valence-corrected chi connectivity index (χ2v) is 6.31. The molecule has 124 valence electrons.